The maximum absolute atomic E-state index is 10.7. The molecule has 0 radical (unpaired) electrons. The fraction of sp³-hybridized carbons (Fsp3) is 0.308. The Morgan fingerprint density at radius 1 is 0.862 bits per heavy atom. The van der Waals surface area contributed by atoms with Crippen molar-refractivity contribution in [2.24, 2.45) is 0 Å². The summed E-state index contributed by atoms with van der Waals surface area (Å²) in [6.45, 7) is 1.61. The van der Waals surface area contributed by atoms with Crippen LogP contribution in [0.4, 0.5) is 0 Å². The standard InChI is InChI=1S/C26H27NO2/c28-22-15-25(21-9-5-2-6-10-21)27-14-13-20-11-12-23(17-24(20)26(27)16-22)29-18-19-7-3-1-4-8-19/h1-12,17,22,25-26,28H,13-16,18H2/t22-,25-,26-/m0/s1. The average molecular weight is 386 g/mol. The molecule has 0 aliphatic carbocycles. The number of rotatable bonds is 4. The number of hydrogen-bond donors (Lipinski definition) is 1. The first kappa shape index (κ1) is 18.4. The predicted octanol–water partition coefficient (Wildman–Crippen LogP) is 5.06. The minimum absolute atomic E-state index is 0.244. The van der Waals surface area contributed by atoms with E-state index in [0.29, 0.717) is 6.61 Å². The van der Waals surface area contributed by atoms with Gasteiger partial charge in [0.15, 0.2) is 0 Å². The van der Waals surface area contributed by atoms with E-state index in [1.807, 2.05) is 18.2 Å². The summed E-state index contributed by atoms with van der Waals surface area (Å²) in [5.74, 6) is 0.908. The van der Waals surface area contributed by atoms with E-state index < -0.39 is 0 Å². The summed E-state index contributed by atoms with van der Waals surface area (Å²) in [5, 5.41) is 10.7. The van der Waals surface area contributed by atoms with Crippen LogP contribution in [0.15, 0.2) is 78.9 Å². The lowest BCUT2D eigenvalue weighted by Gasteiger charge is -2.47. The molecule has 2 aliphatic rings. The van der Waals surface area contributed by atoms with Crippen molar-refractivity contribution in [3.05, 3.63) is 101 Å². The van der Waals surface area contributed by atoms with Crippen LogP contribution in [0.3, 0.4) is 0 Å². The Labute approximate surface area is 172 Å². The lowest BCUT2D eigenvalue weighted by molar-refractivity contribution is -0.00684. The Balaban J connectivity index is 1.41. The molecule has 3 nitrogen and oxygen atoms in total. The van der Waals surface area contributed by atoms with Gasteiger partial charge in [-0.15, -0.1) is 0 Å². The number of nitrogens with zero attached hydrogens (tertiary/aromatic N) is 1. The van der Waals surface area contributed by atoms with Crippen molar-refractivity contribution in [1.29, 1.82) is 0 Å². The molecule has 0 bridgehead atoms. The second-order valence-electron chi connectivity index (χ2n) is 8.19. The molecule has 1 fully saturated rings. The molecule has 0 amide bonds. The largest absolute Gasteiger partial charge is 0.489 e. The molecule has 3 atom stereocenters. The lowest BCUT2D eigenvalue weighted by Crippen LogP contribution is -2.44. The van der Waals surface area contributed by atoms with Gasteiger partial charge in [-0.1, -0.05) is 66.7 Å². The van der Waals surface area contributed by atoms with E-state index in [0.717, 1.165) is 31.6 Å². The third kappa shape index (κ3) is 3.81. The molecule has 5 rings (SSSR count). The molecule has 1 saturated heterocycles. The zero-order chi connectivity index (χ0) is 19.6. The van der Waals surface area contributed by atoms with Crippen molar-refractivity contribution in [3.63, 3.8) is 0 Å². The minimum Gasteiger partial charge on any atom is -0.489 e. The van der Waals surface area contributed by atoms with Gasteiger partial charge in [0.1, 0.15) is 12.4 Å². The summed E-state index contributed by atoms with van der Waals surface area (Å²) in [5.41, 5.74) is 5.18. The van der Waals surface area contributed by atoms with Crippen molar-refractivity contribution in [1.82, 2.24) is 4.90 Å². The maximum Gasteiger partial charge on any atom is 0.120 e. The fourth-order valence-corrected chi connectivity index (χ4v) is 4.91. The number of ether oxygens (including phenoxy) is 1. The molecule has 2 aliphatic heterocycles. The van der Waals surface area contributed by atoms with E-state index in [4.69, 9.17) is 4.74 Å². The molecular formula is C26H27NO2. The molecule has 2 heterocycles. The normalized spacial score (nSPS) is 23.8. The Bertz CT molecular complexity index is 957. The van der Waals surface area contributed by atoms with Crippen molar-refractivity contribution >= 4 is 0 Å². The van der Waals surface area contributed by atoms with Gasteiger partial charge in [-0.25, -0.2) is 0 Å². The number of hydrogen-bond acceptors (Lipinski definition) is 3. The highest BCUT2D eigenvalue weighted by Gasteiger charge is 2.39. The second-order valence-corrected chi connectivity index (χ2v) is 8.19. The molecule has 3 heteroatoms. The van der Waals surface area contributed by atoms with E-state index in [9.17, 15) is 5.11 Å². The van der Waals surface area contributed by atoms with Gasteiger partial charge in [-0.2, -0.15) is 0 Å². The van der Waals surface area contributed by atoms with Gasteiger partial charge in [-0.05, 0) is 53.6 Å². The first-order valence-electron chi connectivity index (χ1n) is 10.6. The van der Waals surface area contributed by atoms with Crippen LogP contribution in [0, 0.1) is 0 Å². The number of fused-ring (bicyclic) bond motifs is 3. The molecule has 0 unspecified atom stereocenters. The van der Waals surface area contributed by atoms with Crippen molar-refractivity contribution in [2.45, 2.75) is 44.1 Å². The smallest absolute Gasteiger partial charge is 0.120 e. The van der Waals surface area contributed by atoms with E-state index in [2.05, 4.69) is 65.6 Å². The molecule has 3 aromatic rings. The van der Waals surface area contributed by atoms with Crippen molar-refractivity contribution < 1.29 is 9.84 Å². The molecule has 148 valence electrons. The first-order valence-corrected chi connectivity index (χ1v) is 10.6. The minimum atomic E-state index is -0.277. The third-order valence-electron chi connectivity index (χ3n) is 6.34. The SMILES string of the molecule is O[C@H]1C[C@@H](c2ccccc2)N2CCc3ccc(OCc4ccccc4)cc3[C@@H]2C1. The summed E-state index contributed by atoms with van der Waals surface area (Å²) in [7, 11) is 0. The summed E-state index contributed by atoms with van der Waals surface area (Å²) >= 11 is 0. The van der Waals surface area contributed by atoms with Crippen LogP contribution in [0.1, 0.15) is 47.2 Å². The molecular weight excluding hydrogens is 358 g/mol. The second kappa shape index (κ2) is 8.02. The van der Waals surface area contributed by atoms with Gasteiger partial charge in [0.05, 0.1) is 6.10 Å². The Hall–Kier alpha value is -2.62. The number of aliphatic hydroxyl groups is 1. The average Bonchev–Trinajstić information content (AvgIpc) is 2.78. The van der Waals surface area contributed by atoms with Crippen LogP contribution < -0.4 is 4.74 Å². The topological polar surface area (TPSA) is 32.7 Å². The molecule has 0 aromatic heterocycles. The third-order valence-corrected chi connectivity index (χ3v) is 6.34. The zero-order valence-electron chi connectivity index (χ0n) is 16.6. The first-order chi connectivity index (χ1) is 14.3. The Morgan fingerprint density at radius 2 is 1.59 bits per heavy atom. The van der Waals surface area contributed by atoms with Crippen LogP contribution in [-0.4, -0.2) is 22.7 Å². The number of benzene rings is 3. The van der Waals surface area contributed by atoms with Gasteiger partial charge < -0.3 is 9.84 Å². The van der Waals surface area contributed by atoms with E-state index in [-0.39, 0.29) is 18.2 Å². The lowest BCUT2D eigenvalue weighted by atomic mass is 9.81. The Kier molecular flexibility index (Phi) is 5.09. The predicted molar refractivity (Wildman–Crippen MR) is 115 cm³/mol. The monoisotopic (exact) mass is 385 g/mol. The molecule has 1 N–H and O–H groups in total. The highest BCUT2D eigenvalue weighted by molar-refractivity contribution is 5.40. The summed E-state index contributed by atoms with van der Waals surface area (Å²) in [6, 6.07) is 27.9. The van der Waals surface area contributed by atoms with Crippen LogP contribution >= 0.6 is 0 Å². The maximum atomic E-state index is 10.7. The van der Waals surface area contributed by atoms with Crippen LogP contribution in [0.25, 0.3) is 0 Å². The quantitative estimate of drug-likeness (QED) is 0.681. The summed E-state index contributed by atoms with van der Waals surface area (Å²) < 4.78 is 6.10. The zero-order valence-corrected chi connectivity index (χ0v) is 16.6. The Morgan fingerprint density at radius 3 is 2.38 bits per heavy atom. The highest BCUT2D eigenvalue weighted by atomic mass is 16.5. The molecule has 29 heavy (non-hydrogen) atoms. The van der Waals surface area contributed by atoms with Crippen LogP contribution in [0.5, 0.6) is 5.75 Å². The number of piperidine rings is 1. The fourth-order valence-electron chi connectivity index (χ4n) is 4.91. The van der Waals surface area contributed by atoms with Crippen LogP contribution in [-0.2, 0) is 13.0 Å². The van der Waals surface area contributed by atoms with Gasteiger partial charge in [0.25, 0.3) is 0 Å². The molecule has 0 saturated carbocycles. The van der Waals surface area contributed by atoms with Gasteiger partial charge >= 0.3 is 0 Å². The van der Waals surface area contributed by atoms with Crippen molar-refractivity contribution in [3.8, 4) is 5.75 Å². The van der Waals surface area contributed by atoms with Gasteiger partial charge in [0, 0.05) is 18.6 Å². The van der Waals surface area contributed by atoms with E-state index >= 15 is 0 Å². The highest BCUT2D eigenvalue weighted by Crippen LogP contribution is 2.45. The summed E-state index contributed by atoms with van der Waals surface area (Å²) in [6.07, 6.45) is 2.37. The van der Waals surface area contributed by atoms with Gasteiger partial charge in [0.2, 0.25) is 0 Å². The van der Waals surface area contributed by atoms with E-state index in [1.165, 1.54) is 22.3 Å². The van der Waals surface area contributed by atoms with Gasteiger partial charge in [-0.3, -0.25) is 4.90 Å². The van der Waals surface area contributed by atoms with Crippen molar-refractivity contribution in [2.75, 3.05) is 6.54 Å². The molecule has 3 aromatic carbocycles. The van der Waals surface area contributed by atoms with E-state index in [1.54, 1.807) is 0 Å². The van der Waals surface area contributed by atoms with Crippen LogP contribution in [0.2, 0.25) is 0 Å². The summed E-state index contributed by atoms with van der Waals surface area (Å²) in [4.78, 5) is 2.59. The number of aliphatic hydroxyl groups excluding tert-OH is 1. The molecule has 0 spiro atoms.